The Bertz CT molecular complexity index is 231. The van der Waals surface area contributed by atoms with Crippen molar-refractivity contribution in [3.8, 4) is 0 Å². The van der Waals surface area contributed by atoms with Gasteiger partial charge in [-0.15, -0.1) is 5.10 Å². The number of rotatable bonds is 5. The largest absolute Gasteiger partial charge is 0.249 e. The first kappa shape index (κ1) is 10.2. The second-order valence-corrected chi connectivity index (χ2v) is 3.26. The van der Waals surface area contributed by atoms with Crippen LogP contribution in [0.3, 0.4) is 0 Å². The quantitative estimate of drug-likeness (QED) is 0.697. The Balaban J connectivity index is 2.78. The van der Waals surface area contributed by atoms with Crippen LogP contribution in [0.4, 0.5) is 0 Å². The lowest BCUT2D eigenvalue weighted by molar-refractivity contribution is 0.587. The van der Waals surface area contributed by atoms with E-state index in [9.17, 15) is 0 Å². The van der Waals surface area contributed by atoms with Crippen molar-refractivity contribution < 1.29 is 0 Å². The third-order valence-corrected chi connectivity index (χ3v) is 2.32. The summed E-state index contributed by atoms with van der Waals surface area (Å²) >= 11 is 0. The van der Waals surface area contributed by atoms with Gasteiger partial charge in [-0.2, -0.15) is 0 Å². The monoisotopic (exact) mass is 181 g/mol. The molecule has 0 saturated heterocycles. The lowest BCUT2D eigenvalue weighted by Crippen LogP contribution is -2.04. The van der Waals surface area contributed by atoms with Crippen molar-refractivity contribution in [2.75, 3.05) is 0 Å². The molecule has 0 bridgehead atoms. The Labute approximate surface area is 80.1 Å². The van der Waals surface area contributed by atoms with Gasteiger partial charge >= 0.3 is 0 Å². The van der Waals surface area contributed by atoms with Gasteiger partial charge < -0.3 is 0 Å². The van der Waals surface area contributed by atoms with Crippen LogP contribution in [0.25, 0.3) is 0 Å². The molecule has 0 fully saturated rings. The zero-order valence-electron chi connectivity index (χ0n) is 8.88. The Morgan fingerprint density at radius 1 is 1.23 bits per heavy atom. The van der Waals surface area contributed by atoms with Crippen molar-refractivity contribution >= 4 is 0 Å². The first-order valence-corrected chi connectivity index (χ1v) is 5.24. The minimum atomic E-state index is 0.937. The summed E-state index contributed by atoms with van der Waals surface area (Å²) in [5, 5.41) is 8.30. The summed E-state index contributed by atoms with van der Waals surface area (Å²) in [6.45, 7) is 7.40. The zero-order chi connectivity index (χ0) is 9.68. The van der Waals surface area contributed by atoms with Gasteiger partial charge in [-0.25, -0.2) is 4.68 Å². The van der Waals surface area contributed by atoms with E-state index in [2.05, 4.69) is 31.1 Å². The summed E-state index contributed by atoms with van der Waals surface area (Å²) in [6, 6.07) is 0. The first-order chi connectivity index (χ1) is 6.33. The normalized spacial score (nSPS) is 10.7. The minimum absolute atomic E-state index is 0.937. The van der Waals surface area contributed by atoms with Crippen LogP contribution in [-0.4, -0.2) is 15.0 Å². The van der Waals surface area contributed by atoms with E-state index in [4.69, 9.17) is 0 Å². The molecule has 1 heterocycles. The predicted octanol–water partition coefficient (Wildman–Crippen LogP) is 2.20. The molecular formula is C10H19N3. The molecule has 3 nitrogen and oxygen atoms in total. The van der Waals surface area contributed by atoms with Crippen molar-refractivity contribution in [3.05, 3.63) is 11.4 Å². The maximum absolute atomic E-state index is 4.17. The lowest BCUT2D eigenvalue weighted by atomic mass is 10.1. The number of hydrogen-bond acceptors (Lipinski definition) is 2. The molecule has 0 aliphatic rings. The van der Waals surface area contributed by atoms with E-state index in [0.717, 1.165) is 19.4 Å². The number of unbranched alkanes of at least 4 members (excludes halogenated alkanes) is 1. The second kappa shape index (κ2) is 5.00. The molecule has 1 rings (SSSR count). The Morgan fingerprint density at radius 3 is 2.54 bits per heavy atom. The van der Waals surface area contributed by atoms with Gasteiger partial charge in [0.25, 0.3) is 0 Å². The lowest BCUT2D eigenvalue weighted by Gasteiger charge is -2.03. The van der Waals surface area contributed by atoms with Crippen LogP contribution in [0.2, 0.25) is 0 Å². The summed E-state index contributed by atoms with van der Waals surface area (Å²) in [4.78, 5) is 0. The molecule has 0 atom stereocenters. The Hall–Kier alpha value is -0.860. The van der Waals surface area contributed by atoms with E-state index in [1.165, 1.54) is 24.2 Å². The molecule has 1 aromatic heterocycles. The van der Waals surface area contributed by atoms with E-state index in [-0.39, 0.29) is 0 Å². The zero-order valence-corrected chi connectivity index (χ0v) is 8.88. The average Bonchev–Trinajstić information content (AvgIpc) is 2.56. The van der Waals surface area contributed by atoms with Gasteiger partial charge in [0.2, 0.25) is 0 Å². The van der Waals surface area contributed by atoms with E-state index in [1.54, 1.807) is 0 Å². The first-order valence-electron chi connectivity index (χ1n) is 5.24. The molecule has 3 heteroatoms. The molecule has 0 aliphatic heterocycles. The maximum atomic E-state index is 4.17. The van der Waals surface area contributed by atoms with Crippen LogP contribution in [0, 0.1) is 0 Å². The molecule has 74 valence electrons. The fourth-order valence-electron chi connectivity index (χ4n) is 1.52. The molecule has 0 amide bonds. The molecule has 0 spiro atoms. The van der Waals surface area contributed by atoms with E-state index < -0.39 is 0 Å². The van der Waals surface area contributed by atoms with Crippen molar-refractivity contribution in [1.82, 2.24) is 15.0 Å². The predicted molar refractivity (Wildman–Crippen MR) is 53.7 cm³/mol. The maximum Gasteiger partial charge on any atom is 0.0856 e. The molecule has 0 saturated carbocycles. The van der Waals surface area contributed by atoms with Crippen LogP contribution in [-0.2, 0) is 19.4 Å². The number of nitrogens with zero attached hydrogens (tertiary/aromatic N) is 3. The van der Waals surface area contributed by atoms with Gasteiger partial charge in [-0.05, 0) is 26.2 Å². The van der Waals surface area contributed by atoms with E-state index >= 15 is 0 Å². The number of aryl methyl sites for hydroxylation is 2. The number of hydrogen-bond donors (Lipinski definition) is 0. The summed E-state index contributed by atoms with van der Waals surface area (Å²) < 4.78 is 2.02. The van der Waals surface area contributed by atoms with Gasteiger partial charge in [-0.1, -0.05) is 25.5 Å². The van der Waals surface area contributed by atoms with Crippen LogP contribution < -0.4 is 0 Å². The molecule has 0 radical (unpaired) electrons. The van der Waals surface area contributed by atoms with Crippen LogP contribution in [0.1, 0.15) is 45.0 Å². The van der Waals surface area contributed by atoms with Gasteiger partial charge in [0, 0.05) is 6.54 Å². The summed E-state index contributed by atoms with van der Waals surface area (Å²) in [5.74, 6) is 0. The second-order valence-electron chi connectivity index (χ2n) is 3.26. The van der Waals surface area contributed by atoms with Crippen LogP contribution >= 0.6 is 0 Å². The molecular weight excluding hydrogens is 162 g/mol. The fourth-order valence-corrected chi connectivity index (χ4v) is 1.52. The molecule has 0 N–H and O–H groups in total. The van der Waals surface area contributed by atoms with Crippen LogP contribution in [0.5, 0.6) is 0 Å². The van der Waals surface area contributed by atoms with Gasteiger partial charge in [-0.3, -0.25) is 0 Å². The van der Waals surface area contributed by atoms with Crippen molar-refractivity contribution in [1.29, 1.82) is 0 Å². The van der Waals surface area contributed by atoms with E-state index in [0.29, 0.717) is 0 Å². The highest BCUT2D eigenvalue weighted by molar-refractivity contribution is 5.10. The van der Waals surface area contributed by atoms with E-state index in [1.807, 2.05) is 4.68 Å². The van der Waals surface area contributed by atoms with Crippen molar-refractivity contribution in [2.24, 2.45) is 0 Å². The Morgan fingerprint density at radius 2 is 2.00 bits per heavy atom. The standard InChI is InChI=1S/C10H19N3/c1-4-7-8-10-9(5-2)11-12-13(10)6-3/h4-8H2,1-3H3. The van der Waals surface area contributed by atoms with Gasteiger partial charge in [0.15, 0.2) is 0 Å². The highest BCUT2D eigenvalue weighted by atomic mass is 15.4. The average molecular weight is 181 g/mol. The third kappa shape index (κ3) is 2.29. The smallest absolute Gasteiger partial charge is 0.0856 e. The summed E-state index contributed by atoms with van der Waals surface area (Å²) in [6.07, 6.45) is 4.60. The molecule has 0 unspecified atom stereocenters. The summed E-state index contributed by atoms with van der Waals surface area (Å²) in [5.41, 5.74) is 2.52. The molecule has 13 heavy (non-hydrogen) atoms. The molecule has 0 aromatic carbocycles. The highest BCUT2D eigenvalue weighted by Crippen LogP contribution is 2.09. The molecule has 1 aromatic rings. The fraction of sp³-hybridized carbons (Fsp3) is 0.800. The highest BCUT2D eigenvalue weighted by Gasteiger charge is 2.08. The topological polar surface area (TPSA) is 30.7 Å². The van der Waals surface area contributed by atoms with Crippen molar-refractivity contribution in [3.63, 3.8) is 0 Å². The Kier molecular flexibility index (Phi) is 3.93. The van der Waals surface area contributed by atoms with Gasteiger partial charge in [0.1, 0.15) is 0 Å². The van der Waals surface area contributed by atoms with Crippen LogP contribution in [0.15, 0.2) is 0 Å². The van der Waals surface area contributed by atoms with Gasteiger partial charge in [0.05, 0.1) is 11.4 Å². The SMILES string of the molecule is CCCCc1c(CC)nnn1CC. The number of aromatic nitrogens is 3. The minimum Gasteiger partial charge on any atom is -0.249 e. The third-order valence-electron chi connectivity index (χ3n) is 2.32. The summed E-state index contributed by atoms with van der Waals surface area (Å²) in [7, 11) is 0. The van der Waals surface area contributed by atoms with Crippen molar-refractivity contribution in [2.45, 2.75) is 53.0 Å². The molecule has 0 aliphatic carbocycles.